The van der Waals surface area contributed by atoms with Crippen LogP contribution in [0.3, 0.4) is 0 Å². The second kappa shape index (κ2) is 5.39. The first-order chi connectivity index (χ1) is 9.97. The number of hydrogen-bond donors (Lipinski definition) is 0. The Morgan fingerprint density at radius 2 is 2.24 bits per heavy atom. The van der Waals surface area contributed by atoms with Gasteiger partial charge in [0.25, 0.3) is 5.91 Å². The molecule has 3 heterocycles. The number of carbonyl (C=O) groups is 1. The zero-order valence-corrected chi connectivity index (χ0v) is 12.6. The molecule has 3 rings (SSSR count). The van der Waals surface area contributed by atoms with E-state index >= 15 is 0 Å². The van der Waals surface area contributed by atoms with E-state index in [1.807, 2.05) is 0 Å². The molecule has 0 radical (unpaired) electrons. The van der Waals surface area contributed by atoms with Crippen molar-refractivity contribution in [1.29, 1.82) is 0 Å². The van der Waals surface area contributed by atoms with Crippen molar-refractivity contribution in [3.63, 3.8) is 0 Å². The molecule has 2 aliphatic rings. The van der Waals surface area contributed by atoms with Crippen LogP contribution >= 0.6 is 0 Å². The van der Waals surface area contributed by atoms with Crippen LogP contribution in [0.4, 0.5) is 0 Å². The molecule has 9 heteroatoms. The van der Waals surface area contributed by atoms with E-state index in [1.54, 1.807) is 17.1 Å². The molecular formula is C12H18N4O4S. The lowest BCUT2D eigenvalue weighted by atomic mass is 10.2. The van der Waals surface area contributed by atoms with E-state index in [0.717, 1.165) is 19.1 Å². The maximum atomic E-state index is 12.6. The minimum atomic E-state index is -3.36. The maximum absolute atomic E-state index is 12.6. The number of carbonyl (C=O) groups excluding carboxylic acids is 1. The van der Waals surface area contributed by atoms with E-state index in [9.17, 15) is 13.2 Å². The first-order valence-electron chi connectivity index (χ1n) is 6.87. The highest BCUT2D eigenvalue weighted by Crippen LogP contribution is 2.25. The van der Waals surface area contributed by atoms with Gasteiger partial charge in [0.2, 0.25) is 10.0 Å². The number of sulfonamides is 1. The first-order valence-corrected chi connectivity index (χ1v) is 8.72. The molecule has 8 nitrogen and oxygen atoms in total. The van der Waals surface area contributed by atoms with E-state index in [1.165, 1.54) is 9.37 Å². The van der Waals surface area contributed by atoms with Crippen molar-refractivity contribution in [2.24, 2.45) is 0 Å². The largest absolute Gasteiger partial charge is 0.319 e. The summed E-state index contributed by atoms with van der Waals surface area (Å²) in [4.78, 5) is 22.0. The van der Waals surface area contributed by atoms with Crippen LogP contribution in [0, 0.1) is 0 Å². The van der Waals surface area contributed by atoms with Crippen molar-refractivity contribution in [2.75, 3.05) is 26.0 Å². The van der Waals surface area contributed by atoms with Gasteiger partial charge >= 0.3 is 0 Å². The molecule has 1 amide bonds. The molecule has 1 fully saturated rings. The van der Waals surface area contributed by atoms with Crippen molar-refractivity contribution < 1.29 is 18.0 Å². The zero-order chi connectivity index (χ0) is 15.0. The second-order valence-electron chi connectivity index (χ2n) is 5.34. The van der Waals surface area contributed by atoms with Gasteiger partial charge in [0.15, 0.2) is 0 Å². The summed E-state index contributed by atoms with van der Waals surface area (Å²) in [6, 6.07) is -0.621. The summed E-state index contributed by atoms with van der Waals surface area (Å²) in [5.41, 5.74) is 0.710. The molecule has 0 spiro atoms. The Morgan fingerprint density at radius 1 is 1.43 bits per heavy atom. The predicted octanol–water partition coefficient (Wildman–Crippen LogP) is -0.247. The van der Waals surface area contributed by atoms with Crippen molar-refractivity contribution in [3.8, 4) is 0 Å². The summed E-state index contributed by atoms with van der Waals surface area (Å²) in [6.45, 7) is 1.41. The maximum Gasteiger partial charge on any atom is 0.270 e. The zero-order valence-electron chi connectivity index (χ0n) is 11.8. The lowest BCUT2D eigenvalue weighted by Crippen LogP contribution is -2.48. The van der Waals surface area contributed by atoms with Crippen LogP contribution in [0.2, 0.25) is 0 Å². The molecule has 0 bridgehead atoms. The summed E-state index contributed by atoms with van der Waals surface area (Å²) >= 11 is 0. The molecule has 0 saturated carbocycles. The molecule has 116 valence electrons. The number of aromatic nitrogens is 2. The molecule has 21 heavy (non-hydrogen) atoms. The molecule has 2 aliphatic heterocycles. The minimum absolute atomic E-state index is 0.112. The van der Waals surface area contributed by atoms with E-state index in [0.29, 0.717) is 18.8 Å². The van der Waals surface area contributed by atoms with E-state index < -0.39 is 16.1 Å². The number of fused-ring (bicyclic) bond motifs is 1. The van der Waals surface area contributed by atoms with Crippen LogP contribution in [0.15, 0.2) is 12.5 Å². The summed E-state index contributed by atoms with van der Waals surface area (Å²) in [6.07, 6.45) is 6.14. The quantitative estimate of drug-likeness (QED) is 0.752. The Hall–Kier alpha value is -1.45. The topological polar surface area (TPSA) is 84.7 Å². The van der Waals surface area contributed by atoms with E-state index in [2.05, 4.69) is 4.98 Å². The fourth-order valence-electron chi connectivity index (χ4n) is 2.65. The molecule has 1 aromatic rings. The third kappa shape index (κ3) is 2.81. The van der Waals surface area contributed by atoms with Crippen molar-refractivity contribution >= 4 is 15.9 Å². The molecule has 0 unspecified atom stereocenters. The lowest BCUT2D eigenvalue weighted by molar-refractivity contribution is -0.201. The fraction of sp³-hybridized carbons (Fsp3) is 0.667. The Bertz CT molecular complexity index is 635. The summed E-state index contributed by atoms with van der Waals surface area (Å²) in [5, 5.41) is 1.35. The van der Waals surface area contributed by atoms with Crippen LogP contribution in [0.25, 0.3) is 0 Å². The van der Waals surface area contributed by atoms with Gasteiger partial charge in [-0.25, -0.2) is 18.5 Å². The monoisotopic (exact) mass is 314 g/mol. The number of imidazole rings is 1. The molecular weight excluding hydrogens is 296 g/mol. The van der Waals surface area contributed by atoms with E-state index in [-0.39, 0.29) is 19.0 Å². The van der Waals surface area contributed by atoms with Crippen LogP contribution in [-0.2, 0) is 26.2 Å². The minimum Gasteiger partial charge on any atom is -0.319 e. The lowest BCUT2D eigenvalue weighted by Gasteiger charge is -2.35. The van der Waals surface area contributed by atoms with Crippen LogP contribution in [-0.4, -0.2) is 59.2 Å². The number of hydroxylamine groups is 2. The Balaban J connectivity index is 1.88. The number of nitrogens with zero attached hydrogens (tertiary/aromatic N) is 4. The van der Waals surface area contributed by atoms with Gasteiger partial charge in [-0.1, -0.05) is 0 Å². The summed E-state index contributed by atoms with van der Waals surface area (Å²) < 4.78 is 26.6. The number of amides is 1. The third-order valence-electron chi connectivity index (χ3n) is 3.80. The molecule has 0 aromatic carbocycles. The first kappa shape index (κ1) is 14.5. The van der Waals surface area contributed by atoms with Gasteiger partial charge in [-0.3, -0.25) is 9.63 Å². The highest BCUT2D eigenvalue weighted by Gasteiger charge is 2.36. The number of rotatable bonds is 2. The van der Waals surface area contributed by atoms with Crippen molar-refractivity contribution in [1.82, 2.24) is 18.9 Å². The fourth-order valence-corrected chi connectivity index (χ4v) is 3.43. The van der Waals surface area contributed by atoms with Gasteiger partial charge in [0, 0.05) is 19.3 Å². The third-order valence-corrected chi connectivity index (χ3v) is 5.02. The van der Waals surface area contributed by atoms with Crippen molar-refractivity contribution in [3.05, 3.63) is 18.2 Å². The average Bonchev–Trinajstić information content (AvgIpc) is 2.94. The van der Waals surface area contributed by atoms with Crippen LogP contribution < -0.4 is 0 Å². The Kier molecular flexibility index (Phi) is 3.72. The summed E-state index contributed by atoms with van der Waals surface area (Å²) in [7, 11) is -3.36. The van der Waals surface area contributed by atoms with Gasteiger partial charge in [0.1, 0.15) is 6.04 Å². The van der Waals surface area contributed by atoms with Gasteiger partial charge in [-0.05, 0) is 12.8 Å². The Labute approximate surface area is 123 Å². The van der Waals surface area contributed by atoms with Gasteiger partial charge < -0.3 is 4.57 Å². The molecule has 1 atom stereocenters. The van der Waals surface area contributed by atoms with Gasteiger partial charge in [0.05, 0.1) is 31.4 Å². The smallest absolute Gasteiger partial charge is 0.270 e. The SMILES string of the molecule is CS(=O)(=O)N1Cc2cncn2[C@@H](C(=O)N2CCCCO2)C1. The van der Waals surface area contributed by atoms with Crippen molar-refractivity contribution in [2.45, 2.75) is 25.4 Å². The van der Waals surface area contributed by atoms with Gasteiger partial charge in [-0.2, -0.15) is 4.31 Å². The number of hydrogen-bond acceptors (Lipinski definition) is 5. The molecule has 1 aromatic heterocycles. The van der Waals surface area contributed by atoms with Crippen LogP contribution in [0.1, 0.15) is 24.6 Å². The molecule has 1 saturated heterocycles. The standard InChI is InChI=1S/C12H18N4O4S/c1-21(18,19)14-7-10-6-13-9-15(10)11(8-14)12(17)16-4-2-3-5-20-16/h6,9,11H,2-5,7-8H2,1H3/t11-/m1/s1. The molecule has 0 aliphatic carbocycles. The highest BCUT2D eigenvalue weighted by molar-refractivity contribution is 7.88. The van der Waals surface area contributed by atoms with Gasteiger partial charge in [-0.15, -0.1) is 0 Å². The second-order valence-corrected chi connectivity index (χ2v) is 7.33. The average molecular weight is 314 g/mol. The van der Waals surface area contributed by atoms with E-state index in [4.69, 9.17) is 4.84 Å². The van der Waals surface area contributed by atoms with Crippen LogP contribution in [0.5, 0.6) is 0 Å². The Morgan fingerprint density at radius 3 is 2.90 bits per heavy atom. The predicted molar refractivity (Wildman–Crippen MR) is 73.4 cm³/mol. The normalized spacial score (nSPS) is 23.9. The summed E-state index contributed by atoms with van der Waals surface area (Å²) in [5.74, 6) is -0.220. The highest BCUT2D eigenvalue weighted by atomic mass is 32.2. The molecule has 0 N–H and O–H groups in total.